The van der Waals surface area contributed by atoms with Gasteiger partial charge in [0.2, 0.25) is 0 Å². The smallest absolute Gasteiger partial charge is 0.335 e. The highest BCUT2D eigenvalue weighted by Gasteiger charge is 2.16. The van der Waals surface area contributed by atoms with E-state index in [2.05, 4.69) is 0 Å². The number of rotatable bonds is 5. The third-order valence-corrected chi connectivity index (χ3v) is 4.95. The van der Waals surface area contributed by atoms with Crippen LogP contribution in [0.2, 0.25) is 0 Å². The molecule has 0 atom stereocenters. The lowest BCUT2D eigenvalue weighted by atomic mass is 10.0. The van der Waals surface area contributed by atoms with Crippen LogP contribution in [-0.2, 0) is 0 Å². The molecule has 0 fully saturated rings. The average molecular weight is 407 g/mol. The van der Waals surface area contributed by atoms with Gasteiger partial charge < -0.3 is 9.52 Å². The number of benzene rings is 3. The van der Waals surface area contributed by atoms with Crippen LogP contribution >= 0.6 is 0 Å². The first kappa shape index (κ1) is 18.6. The molecule has 6 heteroatoms. The number of carboxylic acids is 1. The summed E-state index contributed by atoms with van der Waals surface area (Å²) in [7, 11) is 0. The van der Waals surface area contributed by atoms with Crippen LogP contribution in [-0.4, -0.2) is 25.8 Å². The molecular weight excluding hydrogens is 390 g/mol. The van der Waals surface area contributed by atoms with Crippen molar-refractivity contribution < 1.29 is 14.3 Å². The SMILES string of the molecule is O=C(O)c1cccc(-c2cccc(-c3nc(-c4ccoc4)n(-c4ccccc4)n3)c2)c1. The quantitative estimate of drug-likeness (QED) is 0.412. The Morgan fingerprint density at radius 1 is 0.806 bits per heavy atom. The Hall–Kier alpha value is -4.45. The van der Waals surface area contributed by atoms with Crippen molar-refractivity contribution in [3.63, 3.8) is 0 Å². The van der Waals surface area contributed by atoms with Crippen molar-refractivity contribution >= 4 is 5.97 Å². The van der Waals surface area contributed by atoms with E-state index in [9.17, 15) is 9.90 Å². The van der Waals surface area contributed by atoms with Crippen molar-refractivity contribution in [3.05, 3.63) is 103 Å². The number of para-hydroxylation sites is 1. The minimum absolute atomic E-state index is 0.247. The van der Waals surface area contributed by atoms with Crippen molar-refractivity contribution in [2.24, 2.45) is 0 Å². The average Bonchev–Trinajstić information content (AvgIpc) is 3.50. The Balaban J connectivity index is 1.61. The van der Waals surface area contributed by atoms with Crippen molar-refractivity contribution in [2.75, 3.05) is 0 Å². The molecule has 0 aliphatic carbocycles. The molecule has 0 bridgehead atoms. The fourth-order valence-electron chi connectivity index (χ4n) is 3.43. The fraction of sp³-hybridized carbons (Fsp3) is 0. The maximum Gasteiger partial charge on any atom is 0.335 e. The van der Waals surface area contributed by atoms with Gasteiger partial charge in [0, 0.05) is 5.56 Å². The minimum atomic E-state index is -0.953. The monoisotopic (exact) mass is 407 g/mol. The van der Waals surface area contributed by atoms with E-state index in [0.717, 1.165) is 27.9 Å². The zero-order chi connectivity index (χ0) is 21.2. The number of carbonyl (C=O) groups is 1. The third kappa shape index (κ3) is 3.62. The number of nitrogens with zero attached hydrogens (tertiary/aromatic N) is 3. The predicted molar refractivity (Wildman–Crippen MR) is 117 cm³/mol. The van der Waals surface area contributed by atoms with Gasteiger partial charge in [0.15, 0.2) is 11.6 Å². The van der Waals surface area contributed by atoms with E-state index in [1.165, 1.54) is 0 Å². The summed E-state index contributed by atoms with van der Waals surface area (Å²) in [6, 6.07) is 26.3. The van der Waals surface area contributed by atoms with Crippen LogP contribution in [0.5, 0.6) is 0 Å². The van der Waals surface area contributed by atoms with Gasteiger partial charge in [0.05, 0.1) is 23.1 Å². The maximum absolute atomic E-state index is 11.3. The molecule has 0 radical (unpaired) electrons. The highest BCUT2D eigenvalue weighted by Crippen LogP contribution is 2.29. The van der Waals surface area contributed by atoms with Gasteiger partial charge in [-0.2, -0.15) is 0 Å². The second kappa shape index (κ2) is 7.76. The Morgan fingerprint density at radius 2 is 1.55 bits per heavy atom. The molecule has 150 valence electrons. The summed E-state index contributed by atoms with van der Waals surface area (Å²) < 4.78 is 7.04. The molecule has 6 nitrogen and oxygen atoms in total. The molecule has 0 aliphatic heterocycles. The van der Waals surface area contributed by atoms with Crippen molar-refractivity contribution in [1.82, 2.24) is 14.8 Å². The molecule has 1 N–H and O–H groups in total. The third-order valence-electron chi connectivity index (χ3n) is 4.95. The molecule has 5 rings (SSSR count). The predicted octanol–water partition coefficient (Wildman–Crippen LogP) is 5.56. The summed E-state index contributed by atoms with van der Waals surface area (Å²) in [5, 5.41) is 14.0. The summed E-state index contributed by atoms with van der Waals surface area (Å²) >= 11 is 0. The summed E-state index contributed by atoms with van der Waals surface area (Å²) in [6.07, 6.45) is 3.25. The molecule has 0 unspecified atom stereocenters. The molecule has 5 aromatic rings. The van der Waals surface area contributed by atoms with Gasteiger partial charge in [-0.15, -0.1) is 5.10 Å². The molecule has 0 amide bonds. The van der Waals surface area contributed by atoms with Gasteiger partial charge in [-0.05, 0) is 47.5 Å². The molecule has 2 heterocycles. The lowest BCUT2D eigenvalue weighted by Gasteiger charge is -2.05. The summed E-state index contributed by atoms with van der Waals surface area (Å²) in [5.74, 6) is 0.288. The minimum Gasteiger partial charge on any atom is -0.478 e. The van der Waals surface area contributed by atoms with E-state index in [0.29, 0.717) is 11.6 Å². The second-order valence-electron chi connectivity index (χ2n) is 6.99. The lowest BCUT2D eigenvalue weighted by molar-refractivity contribution is 0.0697. The zero-order valence-corrected chi connectivity index (χ0v) is 16.3. The van der Waals surface area contributed by atoms with Crippen molar-refractivity contribution in [1.29, 1.82) is 0 Å². The van der Waals surface area contributed by atoms with Gasteiger partial charge >= 0.3 is 5.97 Å². The molecule has 0 aliphatic rings. The lowest BCUT2D eigenvalue weighted by Crippen LogP contribution is -1.98. The number of aromatic carboxylic acids is 1. The molecule has 3 aromatic carbocycles. The highest BCUT2D eigenvalue weighted by atomic mass is 16.4. The van der Waals surface area contributed by atoms with Crippen LogP contribution in [0.4, 0.5) is 0 Å². The summed E-state index contributed by atoms with van der Waals surface area (Å²) in [4.78, 5) is 16.1. The zero-order valence-electron chi connectivity index (χ0n) is 16.3. The topological polar surface area (TPSA) is 81.1 Å². The van der Waals surface area contributed by atoms with Gasteiger partial charge in [0.1, 0.15) is 6.26 Å². The molecule has 0 spiro atoms. The number of hydrogen-bond donors (Lipinski definition) is 1. The van der Waals surface area contributed by atoms with Crippen molar-refractivity contribution in [2.45, 2.75) is 0 Å². The van der Waals surface area contributed by atoms with E-state index < -0.39 is 5.97 Å². The van der Waals surface area contributed by atoms with Crippen LogP contribution < -0.4 is 0 Å². The van der Waals surface area contributed by atoms with Crippen LogP contribution in [0.25, 0.3) is 39.6 Å². The van der Waals surface area contributed by atoms with E-state index in [1.54, 1.807) is 35.4 Å². The number of aromatic nitrogens is 3. The second-order valence-corrected chi connectivity index (χ2v) is 6.99. The largest absolute Gasteiger partial charge is 0.478 e. The summed E-state index contributed by atoms with van der Waals surface area (Å²) in [5.41, 5.74) is 4.51. The van der Waals surface area contributed by atoms with Crippen LogP contribution in [0, 0.1) is 0 Å². The van der Waals surface area contributed by atoms with Crippen LogP contribution in [0.1, 0.15) is 10.4 Å². The first-order valence-corrected chi connectivity index (χ1v) is 9.68. The Kier molecular flexibility index (Phi) is 4.65. The van der Waals surface area contributed by atoms with E-state index in [4.69, 9.17) is 14.5 Å². The number of hydrogen-bond acceptors (Lipinski definition) is 4. The first-order valence-electron chi connectivity index (χ1n) is 9.68. The molecule has 0 saturated carbocycles. The molecule has 31 heavy (non-hydrogen) atoms. The van der Waals surface area contributed by atoms with Gasteiger partial charge in [-0.3, -0.25) is 0 Å². The number of carboxylic acid groups (broad SMARTS) is 1. The standard InChI is InChI=1S/C25H17N3O3/c29-25(30)20-9-5-7-18(15-20)17-6-4-8-19(14-17)23-26-24(21-12-13-31-16-21)28(27-23)22-10-2-1-3-11-22/h1-16H,(H,29,30). The van der Waals surface area contributed by atoms with E-state index in [-0.39, 0.29) is 5.56 Å². The fourth-order valence-corrected chi connectivity index (χ4v) is 3.43. The Labute approximate surface area is 178 Å². The Morgan fingerprint density at radius 3 is 2.29 bits per heavy atom. The van der Waals surface area contributed by atoms with E-state index in [1.807, 2.05) is 66.7 Å². The summed E-state index contributed by atoms with van der Waals surface area (Å²) in [6.45, 7) is 0. The van der Waals surface area contributed by atoms with Gasteiger partial charge in [0.25, 0.3) is 0 Å². The van der Waals surface area contributed by atoms with Crippen LogP contribution in [0.15, 0.2) is 102 Å². The first-order chi connectivity index (χ1) is 15.2. The molecule has 2 aromatic heterocycles. The van der Waals surface area contributed by atoms with Gasteiger partial charge in [-0.1, -0.05) is 48.5 Å². The van der Waals surface area contributed by atoms with Crippen LogP contribution in [0.3, 0.4) is 0 Å². The highest BCUT2D eigenvalue weighted by molar-refractivity contribution is 5.89. The van der Waals surface area contributed by atoms with Crippen molar-refractivity contribution in [3.8, 4) is 39.6 Å². The molecular formula is C25H17N3O3. The molecule has 0 saturated heterocycles. The van der Waals surface area contributed by atoms with E-state index >= 15 is 0 Å². The van der Waals surface area contributed by atoms with Gasteiger partial charge in [-0.25, -0.2) is 14.5 Å². The maximum atomic E-state index is 11.3. The normalized spacial score (nSPS) is 10.8. The number of furan rings is 1. The Bertz CT molecular complexity index is 1360.